The third-order valence-corrected chi connectivity index (χ3v) is 5.14. The van der Waals surface area contributed by atoms with Gasteiger partial charge in [-0.1, -0.05) is 18.2 Å². The number of amides is 1. The van der Waals surface area contributed by atoms with Gasteiger partial charge in [-0.2, -0.15) is 0 Å². The first-order chi connectivity index (χ1) is 14.1. The average molecular weight is 408 g/mol. The van der Waals surface area contributed by atoms with E-state index in [0.717, 1.165) is 0 Å². The topological polar surface area (TPSA) is 95.2 Å². The molecule has 3 aromatic heterocycles. The summed E-state index contributed by atoms with van der Waals surface area (Å²) in [7, 11) is 1.28. The number of para-hydroxylation sites is 1. The molecule has 146 valence electrons. The zero-order valence-corrected chi connectivity index (χ0v) is 16.2. The van der Waals surface area contributed by atoms with Crippen molar-refractivity contribution in [2.24, 2.45) is 0 Å². The first-order valence-electron chi connectivity index (χ1n) is 8.68. The fourth-order valence-corrected chi connectivity index (χ4v) is 3.83. The number of hydrogen-bond donors (Lipinski definition) is 1. The Morgan fingerprint density at radius 1 is 1.14 bits per heavy atom. The SMILES string of the molecule is COC(=O)c1ccsc1NC(=O)Cn1c2ncccc2c(=O)n1-c1ccccc1. The van der Waals surface area contributed by atoms with Gasteiger partial charge in [-0.25, -0.2) is 14.5 Å². The van der Waals surface area contributed by atoms with Crippen molar-refractivity contribution >= 4 is 39.2 Å². The second-order valence-electron chi connectivity index (χ2n) is 6.09. The lowest BCUT2D eigenvalue weighted by molar-refractivity contribution is -0.116. The van der Waals surface area contributed by atoms with Crippen molar-refractivity contribution in [1.82, 2.24) is 14.3 Å². The van der Waals surface area contributed by atoms with Crippen LogP contribution in [0.2, 0.25) is 0 Å². The van der Waals surface area contributed by atoms with Crippen molar-refractivity contribution in [2.75, 3.05) is 12.4 Å². The van der Waals surface area contributed by atoms with Gasteiger partial charge in [0, 0.05) is 6.20 Å². The molecule has 1 amide bonds. The molecule has 0 saturated carbocycles. The lowest BCUT2D eigenvalue weighted by Crippen LogP contribution is -2.27. The summed E-state index contributed by atoms with van der Waals surface area (Å²) in [6, 6.07) is 14.0. The fourth-order valence-electron chi connectivity index (χ4n) is 3.04. The first-order valence-corrected chi connectivity index (χ1v) is 9.55. The molecule has 0 unspecified atom stereocenters. The molecule has 29 heavy (non-hydrogen) atoms. The molecule has 8 nitrogen and oxygen atoms in total. The molecule has 9 heteroatoms. The Balaban J connectivity index is 1.73. The van der Waals surface area contributed by atoms with Crippen LogP contribution in [0.15, 0.2) is 64.9 Å². The molecule has 0 spiro atoms. The fraction of sp³-hybridized carbons (Fsp3) is 0.100. The summed E-state index contributed by atoms with van der Waals surface area (Å²) >= 11 is 1.22. The molecule has 0 saturated heterocycles. The molecule has 1 N–H and O–H groups in total. The highest BCUT2D eigenvalue weighted by molar-refractivity contribution is 7.14. The third kappa shape index (κ3) is 3.43. The van der Waals surface area contributed by atoms with Crippen molar-refractivity contribution < 1.29 is 14.3 Å². The van der Waals surface area contributed by atoms with Gasteiger partial charge in [0.25, 0.3) is 5.56 Å². The first kappa shape index (κ1) is 18.6. The molecule has 0 aliphatic carbocycles. The van der Waals surface area contributed by atoms with E-state index in [2.05, 4.69) is 10.3 Å². The normalized spacial score (nSPS) is 10.8. The van der Waals surface area contributed by atoms with Gasteiger partial charge < -0.3 is 10.1 Å². The van der Waals surface area contributed by atoms with Gasteiger partial charge in [-0.15, -0.1) is 11.3 Å². The van der Waals surface area contributed by atoms with Gasteiger partial charge in [0.05, 0.1) is 23.7 Å². The van der Waals surface area contributed by atoms with Crippen LogP contribution in [0.1, 0.15) is 10.4 Å². The maximum Gasteiger partial charge on any atom is 0.340 e. The van der Waals surface area contributed by atoms with Crippen LogP contribution in [0.4, 0.5) is 5.00 Å². The minimum Gasteiger partial charge on any atom is -0.465 e. The van der Waals surface area contributed by atoms with Gasteiger partial charge in [-0.3, -0.25) is 14.3 Å². The van der Waals surface area contributed by atoms with E-state index in [9.17, 15) is 14.4 Å². The number of hydrogen-bond acceptors (Lipinski definition) is 6. The van der Waals surface area contributed by atoms with E-state index in [1.807, 2.05) is 18.2 Å². The number of fused-ring (bicyclic) bond motifs is 1. The third-order valence-electron chi connectivity index (χ3n) is 4.31. The lowest BCUT2D eigenvalue weighted by Gasteiger charge is -2.12. The van der Waals surface area contributed by atoms with Crippen LogP contribution >= 0.6 is 11.3 Å². The van der Waals surface area contributed by atoms with E-state index in [-0.39, 0.29) is 17.7 Å². The number of esters is 1. The maximum atomic E-state index is 12.9. The zero-order valence-electron chi connectivity index (χ0n) is 15.4. The Kier molecular flexibility index (Phi) is 4.96. The smallest absolute Gasteiger partial charge is 0.340 e. The second-order valence-corrected chi connectivity index (χ2v) is 7.00. The number of carbonyl (C=O) groups excluding carboxylic acids is 2. The number of ether oxygens (including phenoxy) is 1. The molecule has 0 aliphatic heterocycles. The predicted octanol–water partition coefficient (Wildman–Crippen LogP) is 2.67. The minimum atomic E-state index is -0.532. The molecule has 4 aromatic rings. The minimum absolute atomic E-state index is 0.164. The quantitative estimate of drug-likeness (QED) is 0.512. The Hall–Kier alpha value is -3.72. The Labute approximate surface area is 169 Å². The zero-order chi connectivity index (χ0) is 20.4. The summed E-state index contributed by atoms with van der Waals surface area (Å²) < 4.78 is 7.67. The largest absolute Gasteiger partial charge is 0.465 e. The van der Waals surface area contributed by atoms with Crippen molar-refractivity contribution in [3.8, 4) is 5.69 Å². The van der Waals surface area contributed by atoms with Gasteiger partial charge >= 0.3 is 5.97 Å². The summed E-state index contributed by atoms with van der Waals surface area (Å²) in [5.41, 5.74) is 1.03. The van der Waals surface area contributed by atoms with Gasteiger partial charge in [0.1, 0.15) is 11.5 Å². The molecule has 4 rings (SSSR count). The molecule has 0 radical (unpaired) electrons. The molecule has 0 atom stereocenters. The molecular formula is C20H16N4O4S. The van der Waals surface area contributed by atoms with Gasteiger partial charge in [0.2, 0.25) is 5.91 Å². The number of rotatable bonds is 5. The Morgan fingerprint density at radius 3 is 2.69 bits per heavy atom. The molecule has 0 fully saturated rings. The van der Waals surface area contributed by atoms with Crippen LogP contribution in [0.5, 0.6) is 0 Å². The van der Waals surface area contributed by atoms with E-state index in [4.69, 9.17) is 4.74 Å². The van der Waals surface area contributed by atoms with Crippen LogP contribution in [0.3, 0.4) is 0 Å². The second kappa shape index (κ2) is 7.72. The average Bonchev–Trinajstić information content (AvgIpc) is 3.31. The Bertz CT molecular complexity index is 1260. The predicted molar refractivity (Wildman–Crippen MR) is 110 cm³/mol. The number of benzene rings is 1. The van der Waals surface area contributed by atoms with Crippen LogP contribution in [0, 0.1) is 0 Å². The standard InChI is InChI=1S/C20H16N4O4S/c1-28-20(27)15-9-11-29-18(15)22-16(25)12-23-17-14(8-5-10-21-17)19(26)24(23)13-6-3-2-4-7-13/h2-11H,12H2,1H3,(H,22,25). The highest BCUT2D eigenvalue weighted by Crippen LogP contribution is 2.24. The van der Waals surface area contributed by atoms with Crippen LogP contribution < -0.4 is 10.9 Å². The highest BCUT2D eigenvalue weighted by Gasteiger charge is 2.20. The molecule has 1 aromatic carbocycles. The van der Waals surface area contributed by atoms with E-state index >= 15 is 0 Å². The number of nitrogens with one attached hydrogen (secondary N) is 1. The summed E-state index contributed by atoms with van der Waals surface area (Å²) in [6.07, 6.45) is 1.57. The van der Waals surface area contributed by atoms with E-state index in [1.165, 1.54) is 27.8 Å². The Morgan fingerprint density at radius 2 is 1.93 bits per heavy atom. The number of thiophene rings is 1. The van der Waals surface area contributed by atoms with E-state index < -0.39 is 11.9 Å². The van der Waals surface area contributed by atoms with Crippen molar-refractivity contribution in [1.29, 1.82) is 0 Å². The van der Waals surface area contributed by atoms with Gasteiger partial charge in [0.15, 0.2) is 5.65 Å². The van der Waals surface area contributed by atoms with E-state index in [1.54, 1.807) is 41.9 Å². The number of anilines is 1. The van der Waals surface area contributed by atoms with Crippen LogP contribution in [0.25, 0.3) is 16.7 Å². The maximum absolute atomic E-state index is 12.9. The monoisotopic (exact) mass is 408 g/mol. The number of carbonyl (C=O) groups is 2. The lowest BCUT2D eigenvalue weighted by atomic mass is 10.3. The summed E-state index contributed by atoms with van der Waals surface area (Å²) in [4.78, 5) is 41.8. The molecule has 3 heterocycles. The highest BCUT2D eigenvalue weighted by atomic mass is 32.1. The van der Waals surface area contributed by atoms with Crippen molar-refractivity contribution in [2.45, 2.75) is 6.54 Å². The van der Waals surface area contributed by atoms with Crippen LogP contribution in [-0.4, -0.2) is 33.3 Å². The number of nitrogens with zero attached hydrogens (tertiary/aromatic N) is 3. The number of aromatic nitrogens is 3. The number of methoxy groups -OCH3 is 1. The van der Waals surface area contributed by atoms with Crippen molar-refractivity contribution in [3.05, 3.63) is 76.0 Å². The van der Waals surface area contributed by atoms with E-state index in [0.29, 0.717) is 21.7 Å². The molecular weight excluding hydrogens is 392 g/mol. The van der Waals surface area contributed by atoms with Gasteiger partial charge in [-0.05, 0) is 35.7 Å². The van der Waals surface area contributed by atoms with Crippen molar-refractivity contribution in [3.63, 3.8) is 0 Å². The summed E-state index contributed by atoms with van der Waals surface area (Å²) in [6.45, 7) is -0.164. The molecule has 0 bridgehead atoms. The molecule has 0 aliphatic rings. The number of pyridine rings is 1. The van der Waals surface area contributed by atoms with Crippen LogP contribution in [-0.2, 0) is 16.1 Å². The summed E-state index contributed by atoms with van der Waals surface area (Å²) in [5.74, 6) is -0.930. The summed E-state index contributed by atoms with van der Waals surface area (Å²) in [5, 5.41) is 5.21.